The van der Waals surface area contributed by atoms with Crippen LogP contribution in [0.3, 0.4) is 0 Å². The first kappa shape index (κ1) is 21.8. The Morgan fingerprint density at radius 2 is 2.00 bits per heavy atom. The molecule has 31 heavy (non-hydrogen) atoms. The highest BCUT2D eigenvalue weighted by Gasteiger charge is 2.53. The number of ether oxygens (including phenoxy) is 2. The minimum Gasteiger partial charge on any atom is -0.491 e. The van der Waals surface area contributed by atoms with E-state index >= 15 is 0 Å². The number of amides is 1. The Labute approximate surface area is 180 Å². The second-order valence-electron chi connectivity index (χ2n) is 9.00. The summed E-state index contributed by atoms with van der Waals surface area (Å²) in [5.74, 6) is 0.0265. The van der Waals surface area contributed by atoms with Gasteiger partial charge in [-0.1, -0.05) is 0 Å². The molecular weight excluding hydrogens is 400 g/mol. The summed E-state index contributed by atoms with van der Waals surface area (Å²) < 4.78 is 17.0. The second kappa shape index (κ2) is 8.26. The van der Waals surface area contributed by atoms with E-state index in [-0.39, 0.29) is 11.7 Å². The van der Waals surface area contributed by atoms with E-state index in [0.29, 0.717) is 42.6 Å². The van der Waals surface area contributed by atoms with Gasteiger partial charge >= 0.3 is 5.63 Å². The van der Waals surface area contributed by atoms with Gasteiger partial charge in [0, 0.05) is 18.1 Å². The van der Waals surface area contributed by atoms with Crippen LogP contribution in [0.4, 0.5) is 0 Å². The van der Waals surface area contributed by atoms with Crippen molar-refractivity contribution in [2.75, 3.05) is 19.7 Å². The highest BCUT2D eigenvalue weighted by Crippen LogP contribution is 2.38. The third kappa shape index (κ3) is 4.20. The van der Waals surface area contributed by atoms with Gasteiger partial charge < -0.3 is 29.6 Å². The monoisotopic (exact) mass is 430 g/mol. The molecule has 4 rings (SSSR count). The van der Waals surface area contributed by atoms with Gasteiger partial charge in [0.25, 0.3) is 5.91 Å². The standard InChI is InChI=1S/C23H30N2O6/c1-14(2)30-16-5-4-15-12-17(20(27)31-18(15)13-16)19(26)25-22(3)8-11-29-23(21(22)28)6-9-24-10-7-23/h4-5,12-14,21,24,28H,6-11H2,1-3H3,(H,25,26)/t21-,22+/m0/s1. The van der Waals surface area contributed by atoms with Crippen LogP contribution in [-0.2, 0) is 4.74 Å². The fraction of sp³-hybridized carbons (Fsp3) is 0.565. The lowest BCUT2D eigenvalue weighted by molar-refractivity contribution is -0.197. The van der Waals surface area contributed by atoms with Crippen molar-refractivity contribution in [3.8, 4) is 5.75 Å². The SMILES string of the molecule is CC(C)Oc1ccc2cc(C(=O)N[C@]3(C)CCOC4(CCNCC4)[C@H]3O)c(=O)oc2c1. The van der Waals surface area contributed by atoms with E-state index in [1.165, 1.54) is 6.07 Å². The Morgan fingerprint density at radius 1 is 1.26 bits per heavy atom. The number of nitrogens with one attached hydrogen (secondary N) is 2. The van der Waals surface area contributed by atoms with Gasteiger partial charge in [-0.25, -0.2) is 4.79 Å². The van der Waals surface area contributed by atoms with Gasteiger partial charge in [0.15, 0.2) is 0 Å². The summed E-state index contributed by atoms with van der Waals surface area (Å²) in [6, 6.07) is 6.68. The quantitative estimate of drug-likeness (QED) is 0.636. The average Bonchev–Trinajstić information content (AvgIpc) is 2.72. The van der Waals surface area contributed by atoms with Crippen molar-refractivity contribution in [3.05, 3.63) is 40.2 Å². The highest BCUT2D eigenvalue weighted by atomic mass is 16.5. The van der Waals surface area contributed by atoms with Crippen LogP contribution in [0.25, 0.3) is 11.0 Å². The number of fused-ring (bicyclic) bond motifs is 1. The molecule has 2 atom stereocenters. The van der Waals surface area contributed by atoms with Gasteiger partial charge in [-0.05, 0) is 71.3 Å². The van der Waals surface area contributed by atoms with Crippen LogP contribution in [0.15, 0.2) is 33.5 Å². The van der Waals surface area contributed by atoms with Crippen molar-refractivity contribution < 1.29 is 23.8 Å². The van der Waals surface area contributed by atoms with E-state index in [1.807, 2.05) is 13.8 Å². The van der Waals surface area contributed by atoms with Gasteiger partial charge in [0.1, 0.15) is 23.0 Å². The molecule has 1 aromatic carbocycles. The lowest BCUT2D eigenvalue weighted by Gasteiger charge is -2.52. The van der Waals surface area contributed by atoms with Gasteiger partial charge in [0.2, 0.25) is 0 Å². The predicted octanol–water partition coefficient (Wildman–Crippen LogP) is 1.97. The first-order chi connectivity index (χ1) is 14.7. The maximum absolute atomic E-state index is 13.1. The van der Waals surface area contributed by atoms with E-state index in [9.17, 15) is 14.7 Å². The second-order valence-corrected chi connectivity index (χ2v) is 9.00. The summed E-state index contributed by atoms with van der Waals surface area (Å²) in [7, 11) is 0. The molecule has 1 spiro atoms. The number of carbonyl (C=O) groups is 1. The topological polar surface area (TPSA) is 110 Å². The van der Waals surface area contributed by atoms with Crippen LogP contribution in [-0.4, -0.2) is 54.1 Å². The van der Waals surface area contributed by atoms with Crippen LogP contribution in [0.2, 0.25) is 0 Å². The average molecular weight is 431 g/mol. The largest absolute Gasteiger partial charge is 0.491 e. The molecule has 0 unspecified atom stereocenters. The van der Waals surface area contributed by atoms with E-state index in [1.54, 1.807) is 25.1 Å². The molecule has 1 amide bonds. The Kier molecular flexibility index (Phi) is 5.81. The maximum atomic E-state index is 13.1. The van der Waals surface area contributed by atoms with Gasteiger partial charge in [-0.2, -0.15) is 0 Å². The third-order valence-corrected chi connectivity index (χ3v) is 6.29. The van der Waals surface area contributed by atoms with Gasteiger partial charge in [-0.15, -0.1) is 0 Å². The summed E-state index contributed by atoms with van der Waals surface area (Å²) in [5.41, 5.74) is -2.07. The lowest BCUT2D eigenvalue weighted by atomic mass is 9.73. The number of hydrogen-bond acceptors (Lipinski definition) is 7. The smallest absolute Gasteiger partial charge is 0.349 e. The number of carbonyl (C=O) groups excluding carboxylic acids is 1. The minimum atomic E-state index is -0.914. The van der Waals surface area contributed by atoms with Crippen molar-refractivity contribution in [1.82, 2.24) is 10.6 Å². The molecule has 168 valence electrons. The first-order valence-electron chi connectivity index (χ1n) is 10.8. The highest BCUT2D eigenvalue weighted by molar-refractivity contribution is 5.97. The summed E-state index contributed by atoms with van der Waals surface area (Å²) in [6.45, 7) is 7.55. The van der Waals surface area contributed by atoms with Crippen molar-refractivity contribution in [1.29, 1.82) is 0 Å². The van der Waals surface area contributed by atoms with E-state index in [4.69, 9.17) is 13.9 Å². The van der Waals surface area contributed by atoms with Crippen molar-refractivity contribution in [2.45, 2.75) is 63.4 Å². The Balaban J connectivity index is 1.58. The van der Waals surface area contributed by atoms with Gasteiger partial charge in [0.05, 0.1) is 17.2 Å². The molecule has 2 aliphatic heterocycles. The number of rotatable bonds is 4. The first-order valence-corrected chi connectivity index (χ1v) is 10.8. The molecule has 1 aromatic heterocycles. The zero-order chi connectivity index (χ0) is 22.2. The van der Waals surface area contributed by atoms with Crippen molar-refractivity contribution >= 4 is 16.9 Å². The molecule has 0 bridgehead atoms. The molecule has 2 aromatic rings. The molecule has 8 nitrogen and oxygen atoms in total. The molecule has 3 N–H and O–H groups in total. The fourth-order valence-electron chi connectivity index (χ4n) is 4.58. The van der Waals surface area contributed by atoms with Crippen LogP contribution in [0.5, 0.6) is 5.75 Å². The number of benzene rings is 1. The van der Waals surface area contributed by atoms with Crippen LogP contribution < -0.4 is 21.0 Å². The van der Waals surface area contributed by atoms with Crippen LogP contribution in [0, 0.1) is 0 Å². The minimum absolute atomic E-state index is 0.0101. The van der Waals surface area contributed by atoms with Crippen LogP contribution >= 0.6 is 0 Å². The zero-order valence-corrected chi connectivity index (χ0v) is 18.2. The predicted molar refractivity (Wildman–Crippen MR) is 116 cm³/mol. The summed E-state index contributed by atoms with van der Waals surface area (Å²) >= 11 is 0. The summed E-state index contributed by atoms with van der Waals surface area (Å²) in [4.78, 5) is 25.6. The van der Waals surface area contributed by atoms with Crippen molar-refractivity contribution in [2.24, 2.45) is 0 Å². The molecule has 0 saturated carbocycles. The number of piperidine rings is 1. The molecule has 0 radical (unpaired) electrons. The molecule has 2 fully saturated rings. The molecule has 2 saturated heterocycles. The summed E-state index contributed by atoms with van der Waals surface area (Å²) in [6.07, 6.45) is 0.883. The molecule has 8 heteroatoms. The lowest BCUT2D eigenvalue weighted by Crippen LogP contribution is -2.69. The zero-order valence-electron chi connectivity index (χ0n) is 18.2. The maximum Gasteiger partial charge on any atom is 0.349 e. The van der Waals surface area contributed by atoms with E-state index < -0.39 is 28.8 Å². The Morgan fingerprint density at radius 3 is 2.71 bits per heavy atom. The third-order valence-electron chi connectivity index (χ3n) is 6.29. The molecule has 2 aliphatic rings. The Hall–Kier alpha value is -2.42. The van der Waals surface area contributed by atoms with E-state index in [0.717, 1.165) is 13.1 Å². The van der Waals surface area contributed by atoms with Crippen LogP contribution in [0.1, 0.15) is 50.4 Å². The number of aliphatic hydroxyl groups excluding tert-OH is 1. The summed E-state index contributed by atoms with van der Waals surface area (Å²) in [5, 5.41) is 17.9. The number of hydrogen-bond donors (Lipinski definition) is 3. The van der Waals surface area contributed by atoms with Gasteiger partial charge in [-0.3, -0.25) is 4.79 Å². The van der Waals surface area contributed by atoms with Crippen molar-refractivity contribution in [3.63, 3.8) is 0 Å². The molecular formula is C23H30N2O6. The molecule has 0 aliphatic carbocycles. The normalized spacial score (nSPS) is 25.6. The fourth-order valence-corrected chi connectivity index (χ4v) is 4.58. The Bertz CT molecular complexity index is 1020. The number of aliphatic hydroxyl groups is 1. The van der Waals surface area contributed by atoms with E-state index in [2.05, 4.69) is 10.6 Å². The molecule has 3 heterocycles.